The highest BCUT2D eigenvalue weighted by molar-refractivity contribution is 7.92. The Labute approximate surface area is 212 Å². The molecule has 3 aromatic carbocycles. The lowest BCUT2D eigenvalue weighted by molar-refractivity contribution is 0.0939. The number of nitrogens with one attached hydrogen (secondary N) is 1. The lowest BCUT2D eigenvalue weighted by Crippen LogP contribution is -2.29. The second-order valence-corrected chi connectivity index (χ2v) is 10.1. The number of hydrogen-bond acceptors (Lipinski definition) is 6. The molecule has 8 nitrogen and oxygen atoms in total. The summed E-state index contributed by atoms with van der Waals surface area (Å²) in [5.41, 5.74) is 2.53. The molecule has 0 spiro atoms. The van der Waals surface area contributed by atoms with Crippen LogP contribution in [0.3, 0.4) is 0 Å². The smallest absolute Gasteiger partial charge is 0.251 e. The Balaban J connectivity index is 1.73. The molecule has 0 aliphatic rings. The molecule has 36 heavy (non-hydrogen) atoms. The highest BCUT2D eigenvalue weighted by Crippen LogP contribution is 2.29. The van der Waals surface area contributed by atoms with Gasteiger partial charge in [0.2, 0.25) is 10.0 Å². The Kier molecular flexibility index (Phi) is 8.82. The SMILES string of the molecule is CCOc1ccc(N(Cc2ccc(C(=O)N[C@H](C)c3cc(OC)ccc3OC)cc2)S(C)(=O)=O)cc1. The first kappa shape index (κ1) is 26.9. The summed E-state index contributed by atoms with van der Waals surface area (Å²) < 4.78 is 42.4. The monoisotopic (exact) mass is 512 g/mol. The molecular weight excluding hydrogens is 480 g/mol. The summed E-state index contributed by atoms with van der Waals surface area (Å²) in [6, 6.07) is 18.8. The lowest BCUT2D eigenvalue weighted by Gasteiger charge is -2.23. The first-order valence-corrected chi connectivity index (χ1v) is 13.3. The van der Waals surface area contributed by atoms with Crippen LogP contribution in [-0.2, 0) is 16.6 Å². The van der Waals surface area contributed by atoms with Crippen molar-refractivity contribution < 1.29 is 27.4 Å². The Hall–Kier alpha value is -3.72. The number of nitrogens with zero attached hydrogens (tertiary/aromatic N) is 1. The van der Waals surface area contributed by atoms with Crippen LogP contribution in [-0.4, -0.2) is 41.4 Å². The third-order valence-electron chi connectivity index (χ3n) is 5.63. The van der Waals surface area contributed by atoms with Crippen molar-refractivity contribution in [3.05, 3.63) is 83.4 Å². The van der Waals surface area contributed by atoms with Gasteiger partial charge in [-0.15, -0.1) is 0 Å². The summed E-state index contributed by atoms with van der Waals surface area (Å²) >= 11 is 0. The molecule has 0 saturated heterocycles. The number of benzene rings is 3. The zero-order chi connectivity index (χ0) is 26.3. The molecule has 1 amide bonds. The molecule has 192 valence electrons. The molecule has 0 heterocycles. The summed E-state index contributed by atoms with van der Waals surface area (Å²) in [4.78, 5) is 12.9. The highest BCUT2D eigenvalue weighted by Gasteiger charge is 2.19. The predicted octanol–water partition coefficient (Wildman–Crippen LogP) is 4.56. The van der Waals surface area contributed by atoms with E-state index in [4.69, 9.17) is 14.2 Å². The van der Waals surface area contributed by atoms with Gasteiger partial charge in [-0.05, 0) is 74.0 Å². The Bertz CT molecular complexity index is 1270. The fourth-order valence-electron chi connectivity index (χ4n) is 3.74. The Morgan fingerprint density at radius 3 is 2.14 bits per heavy atom. The van der Waals surface area contributed by atoms with Gasteiger partial charge < -0.3 is 19.5 Å². The quantitative estimate of drug-likeness (QED) is 0.405. The molecule has 1 atom stereocenters. The number of anilines is 1. The maximum atomic E-state index is 12.9. The summed E-state index contributed by atoms with van der Waals surface area (Å²) in [7, 11) is -0.380. The minimum Gasteiger partial charge on any atom is -0.497 e. The average molecular weight is 513 g/mol. The van der Waals surface area contributed by atoms with E-state index in [1.165, 1.54) is 10.6 Å². The van der Waals surface area contributed by atoms with Gasteiger partial charge >= 0.3 is 0 Å². The molecule has 1 N–H and O–H groups in total. The topological polar surface area (TPSA) is 94.2 Å². The molecule has 3 rings (SSSR count). The van der Waals surface area contributed by atoms with E-state index in [0.29, 0.717) is 35.1 Å². The van der Waals surface area contributed by atoms with Gasteiger partial charge in [-0.2, -0.15) is 0 Å². The maximum Gasteiger partial charge on any atom is 0.251 e. The van der Waals surface area contributed by atoms with Crippen molar-refractivity contribution in [3.63, 3.8) is 0 Å². The third-order valence-corrected chi connectivity index (χ3v) is 6.77. The number of carbonyl (C=O) groups is 1. The van der Waals surface area contributed by atoms with Crippen molar-refractivity contribution in [1.82, 2.24) is 5.32 Å². The number of carbonyl (C=O) groups excluding carboxylic acids is 1. The molecule has 0 unspecified atom stereocenters. The summed E-state index contributed by atoms with van der Waals surface area (Å²) in [6.07, 6.45) is 1.17. The summed E-state index contributed by atoms with van der Waals surface area (Å²) in [6.45, 7) is 4.41. The fraction of sp³-hybridized carbons (Fsp3) is 0.296. The van der Waals surface area contributed by atoms with E-state index in [1.807, 2.05) is 19.9 Å². The van der Waals surface area contributed by atoms with E-state index < -0.39 is 10.0 Å². The van der Waals surface area contributed by atoms with Crippen LogP contribution in [0.15, 0.2) is 66.7 Å². The lowest BCUT2D eigenvalue weighted by atomic mass is 10.1. The van der Waals surface area contributed by atoms with E-state index >= 15 is 0 Å². The molecule has 0 fully saturated rings. The molecule has 0 saturated carbocycles. The minimum absolute atomic E-state index is 0.131. The summed E-state index contributed by atoms with van der Waals surface area (Å²) in [5, 5.41) is 2.97. The molecule has 0 aliphatic carbocycles. The standard InChI is InChI=1S/C27H32N2O6S/c1-6-35-23-13-11-22(12-14-23)29(36(5,31)32)18-20-7-9-21(10-8-20)27(30)28-19(2)25-17-24(33-3)15-16-26(25)34-4/h7-17,19H,6,18H2,1-5H3,(H,28,30)/t19-/m1/s1. The van der Waals surface area contributed by atoms with Crippen molar-refractivity contribution in [1.29, 1.82) is 0 Å². The Morgan fingerprint density at radius 1 is 0.944 bits per heavy atom. The molecule has 3 aromatic rings. The normalized spacial score (nSPS) is 11.9. The largest absolute Gasteiger partial charge is 0.497 e. The zero-order valence-electron chi connectivity index (χ0n) is 21.1. The first-order valence-electron chi connectivity index (χ1n) is 11.5. The molecule has 0 bridgehead atoms. The second kappa shape index (κ2) is 11.8. The van der Waals surface area contributed by atoms with Crippen LogP contribution >= 0.6 is 0 Å². The van der Waals surface area contributed by atoms with Crippen molar-refractivity contribution in [3.8, 4) is 17.2 Å². The maximum absolute atomic E-state index is 12.9. The van der Waals surface area contributed by atoms with Crippen molar-refractivity contribution in [2.75, 3.05) is 31.4 Å². The number of methoxy groups -OCH3 is 2. The van der Waals surface area contributed by atoms with Crippen molar-refractivity contribution in [2.45, 2.75) is 26.4 Å². The van der Waals surface area contributed by atoms with Crippen LogP contribution < -0.4 is 23.8 Å². The third kappa shape index (κ3) is 6.69. The van der Waals surface area contributed by atoms with Crippen LogP contribution in [0.4, 0.5) is 5.69 Å². The van der Waals surface area contributed by atoms with Crippen LogP contribution in [0, 0.1) is 0 Å². The van der Waals surface area contributed by atoms with E-state index in [-0.39, 0.29) is 18.5 Å². The van der Waals surface area contributed by atoms with Gasteiger partial charge in [-0.1, -0.05) is 12.1 Å². The van der Waals surface area contributed by atoms with Gasteiger partial charge in [0.15, 0.2) is 0 Å². The average Bonchev–Trinajstić information content (AvgIpc) is 2.87. The van der Waals surface area contributed by atoms with Crippen molar-refractivity contribution in [2.24, 2.45) is 0 Å². The Morgan fingerprint density at radius 2 is 1.58 bits per heavy atom. The van der Waals surface area contributed by atoms with E-state index in [9.17, 15) is 13.2 Å². The molecule has 0 radical (unpaired) electrons. The molecule has 9 heteroatoms. The fourth-order valence-corrected chi connectivity index (χ4v) is 4.63. The highest BCUT2D eigenvalue weighted by atomic mass is 32.2. The van der Waals surface area contributed by atoms with E-state index in [2.05, 4.69) is 5.32 Å². The van der Waals surface area contributed by atoms with Gasteiger partial charge in [-0.25, -0.2) is 8.42 Å². The number of ether oxygens (including phenoxy) is 3. The van der Waals surface area contributed by atoms with Crippen LogP contribution in [0.25, 0.3) is 0 Å². The summed E-state index contributed by atoms with van der Waals surface area (Å²) in [5.74, 6) is 1.73. The van der Waals surface area contributed by atoms with Gasteiger partial charge in [0.25, 0.3) is 5.91 Å². The molecular formula is C27H32N2O6S. The van der Waals surface area contributed by atoms with Gasteiger partial charge in [0.1, 0.15) is 17.2 Å². The predicted molar refractivity (Wildman–Crippen MR) is 141 cm³/mol. The zero-order valence-corrected chi connectivity index (χ0v) is 22.0. The van der Waals surface area contributed by atoms with E-state index in [0.717, 1.165) is 11.1 Å². The molecule has 0 aromatic heterocycles. The molecule has 0 aliphatic heterocycles. The van der Waals surface area contributed by atoms with Crippen molar-refractivity contribution >= 4 is 21.6 Å². The van der Waals surface area contributed by atoms with Gasteiger partial charge in [0.05, 0.1) is 45.4 Å². The van der Waals surface area contributed by atoms with Crippen LogP contribution in [0.2, 0.25) is 0 Å². The number of amides is 1. The van der Waals surface area contributed by atoms with E-state index in [1.54, 1.807) is 74.9 Å². The number of rotatable bonds is 11. The van der Waals surface area contributed by atoms with Gasteiger partial charge in [-0.3, -0.25) is 9.10 Å². The number of hydrogen-bond donors (Lipinski definition) is 1. The first-order chi connectivity index (χ1) is 17.2. The number of sulfonamides is 1. The second-order valence-electron chi connectivity index (χ2n) is 8.20. The van der Waals surface area contributed by atoms with Gasteiger partial charge in [0, 0.05) is 11.1 Å². The minimum atomic E-state index is -3.54. The van der Waals surface area contributed by atoms with Crippen LogP contribution in [0.1, 0.15) is 41.4 Å². The van der Waals surface area contributed by atoms with Crippen LogP contribution in [0.5, 0.6) is 17.2 Å².